The van der Waals surface area contributed by atoms with Crippen LogP contribution in [0, 0.1) is 0 Å². The van der Waals surface area contributed by atoms with E-state index >= 15 is 0 Å². The predicted molar refractivity (Wildman–Crippen MR) is 62.3 cm³/mol. The zero-order valence-corrected chi connectivity index (χ0v) is 9.92. The number of hydrogen-bond donors (Lipinski definition) is 2. The minimum Gasteiger partial charge on any atom is -0.343 e. The predicted octanol–water partition coefficient (Wildman–Crippen LogP) is -0.0397. The summed E-state index contributed by atoms with van der Waals surface area (Å²) in [6.07, 6.45) is 3.73. The van der Waals surface area contributed by atoms with Crippen LogP contribution in [0.3, 0.4) is 0 Å². The van der Waals surface area contributed by atoms with Gasteiger partial charge in [0.2, 0.25) is 0 Å². The van der Waals surface area contributed by atoms with E-state index in [1.54, 1.807) is 12.3 Å². The summed E-state index contributed by atoms with van der Waals surface area (Å²) in [5.41, 5.74) is 0.308. The number of carbonyl (C=O) groups excluding carboxylic acids is 1. The summed E-state index contributed by atoms with van der Waals surface area (Å²) in [5, 5.41) is 6.04. The zero-order chi connectivity index (χ0) is 13.2. The fourth-order valence-electron chi connectivity index (χ4n) is 1.63. The Kier molecular flexibility index (Phi) is 2.82. The molecule has 8 nitrogen and oxygen atoms in total. The van der Waals surface area contributed by atoms with E-state index in [1.165, 1.54) is 0 Å². The molecule has 19 heavy (non-hydrogen) atoms. The summed E-state index contributed by atoms with van der Waals surface area (Å²) in [6.45, 7) is 0.0767. The maximum Gasteiger partial charge on any atom is 0.438 e. The van der Waals surface area contributed by atoms with Gasteiger partial charge in [0.1, 0.15) is 11.5 Å². The summed E-state index contributed by atoms with van der Waals surface area (Å²) in [6, 6.07) is 1.55. The Balaban J connectivity index is 1.66. The molecule has 0 spiro atoms. The van der Waals surface area contributed by atoms with Crippen LogP contribution in [0.5, 0.6) is 0 Å². The second kappa shape index (κ2) is 4.63. The van der Waals surface area contributed by atoms with E-state index < -0.39 is 5.76 Å². The Morgan fingerprint density at radius 1 is 1.53 bits per heavy atom. The first kappa shape index (κ1) is 11.6. The molecule has 0 bridgehead atoms. The maximum atomic E-state index is 11.9. The van der Waals surface area contributed by atoms with Crippen molar-refractivity contribution in [2.75, 3.05) is 0 Å². The minimum atomic E-state index is -0.651. The van der Waals surface area contributed by atoms with E-state index in [9.17, 15) is 9.59 Å². The number of nitrogens with one attached hydrogen (secondary N) is 2. The molecule has 1 aliphatic carbocycles. The molecule has 98 valence electrons. The van der Waals surface area contributed by atoms with Gasteiger partial charge >= 0.3 is 5.76 Å². The molecule has 2 aromatic heterocycles. The molecule has 0 aromatic carbocycles. The summed E-state index contributed by atoms with van der Waals surface area (Å²) >= 11 is 0. The van der Waals surface area contributed by atoms with Gasteiger partial charge in [0, 0.05) is 12.1 Å². The smallest absolute Gasteiger partial charge is 0.343 e. The van der Waals surface area contributed by atoms with Gasteiger partial charge in [-0.2, -0.15) is 0 Å². The second-order valence-corrected chi connectivity index (χ2v) is 4.30. The zero-order valence-electron chi connectivity index (χ0n) is 9.92. The van der Waals surface area contributed by atoms with Crippen molar-refractivity contribution in [3.05, 3.63) is 40.2 Å². The fourth-order valence-corrected chi connectivity index (χ4v) is 1.63. The van der Waals surface area contributed by atoms with Crippen molar-refractivity contribution in [3.8, 4) is 0 Å². The van der Waals surface area contributed by atoms with Crippen molar-refractivity contribution in [1.29, 1.82) is 0 Å². The molecule has 3 rings (SSSR count). The summed E-state index contributed by atoms with van der Waals surface area (Å²) in [4.78, 5) is 33.3. The fraction of sp³-hybridized carbons (Fsp3) is 0.364. The number of nitrogens with zero attached hydrogens (tertiary/aromatic N) is 3. The molecule has 2 N–H and O–H groups in total. The topological polar surface area (TPSA) is 114 Å². The molecule has 0 saturated heterocycles. The summed E-state index contributed by atoms with van der Waals surface area (Å²) < 4.78 is 4.32. The average molecular weight is 261 g/mol. The Morgan fingerprint density at radius 2 is 2.37 bits per heavy atom. The van der Waals surface area contributed by atoms with E-state index in [-0.39, 0.29) is 18.3 Å². The molecular weight excluding hydrogens is 250 g/mol. The van der Waals surface area contributed by atoms with E-state index in [0.29, 0.717) is 17.4 Å². The van der Waals surface area contributed by atoms with Crippen LogP contribution in [0.15, 0.2) is 21.6 Å². The molecular formula is C11H11N5O3. The number of carbonyl (C=O) groups is 1. The first-order chi connectivity index (χ1) is 9.22. The lowest BCUT2D eigenvalue weighted by Gasteiger charge is -2.03. The number of aromatic nitrogens is 4. The Bertz CT molecular complexity index is 658. The maximum absolute atomic E-state index is 11.9. The molecule has 1 amide bonds. The molecule has 2 heterocycles. The lowest BCUT2D eigenvalue weighted by molar-refractivity contribution is 0.0944. The molecule has 0 unspecified atom stereocenters. The summed E-state index contributed by atoms with van der Waals surface area (Å²) in [5.74, 6) is 0.368. The van der Waals surface area contributed by atoms with Gasteiger partial charge < -0.3 is 5.32 Å². The third-order valence-corrected chi connectivity index (χ3v) is 2.75. The first-order valence-corrected chi connectivity index (χ1v) is 5.88. The molecule has 1 fully saturated rings. The van der Waals surface area contributed by atoms with Crippen molar-refractivity contribution in [1.82, 2.24) is 25.4 Å². The van der Waals surface area contributed by atoms with Crippen LogP contribution < -0.4 is 11.1 Å². The Labute approximate surface area is 107 Å². The van der Waals surface area contributed by atoms with Crippen LogP contribution >= 0.6 is 0 Å². The van der Waals surface area contributed by atoms with E-state index in [4.69, 9.17) is 0 Å². The quantitative estimate of drug-likeness (QED) is 0.798. The van der Waals surface area contributed by atoms with Crippen LogP contribution in [0.1, 0.15) is 40.9 Å². The van der Waals surface area contributed by atoms with Crippen LogP contribution in [0.25, 0.3) is 0 Å². The standard InChI is InChI=1S/C11H11N5O3/c17-10(13-5-8-15-11(18)19-16-8)7-3-4-12-9(14-7)6-1-2-6/h3-4,6H,1-2,5H2,(H,13,17)(H,15,16,18). The molecule has 1 saturated carbocycles. The van der Waals surface area contributed by atoms with Crippen LogP contribution in [-0.4, -0.2) is 26.0 Å². The van der Waals surface area contributed by atoms with E-state index in [0.717, 1.165) is 12.8 Å². The van der Waals surface area contributed by atoms with Gasteiger partial charge in [-0.3, -0.25) is 14.3 Å². The molecule has 1 aliphatic rings. The Hall–Kier alpha value is -2.51. The average Bonchev–Trinajstić information content (AvgIpc) is 3.20. The highest BCUT2D eigenvalue weighted by Gasteiger charge is 2.27. The molecule has 0 radical (unpaired) electrons. The van der Waals surface area contributed by atoms with Crippen molar-refractivity contribution in [2.24, 2.45) is 0 Å². The molecule has 2 aromatic rings. The third-order valence-electron chi connectivity index (χ3n) is 2.75. The van der Waals surface area contributed by atoms with Gasteiger partial charge in [-0.05, 0) is 18.9 Å². The van der Waals surface area contributed by atoms with Gasteiger partial charge in [0.25, 0.3) is 5.91 Å². The second-order valence-electron chi connectivity index (χ2n) is 4.30. The van der Waals surface area contributed by atoms with Gasteiger partial charge in [0.05, 0.1) is 6.54 Å². The van der Waals surface area contributed by atoms with Gasteiger partial charge in [-0.1, -0.05) is 5.16 Å². The van der Waals surface area contributed by atoms with Crippen molar-refractivity contribution in [3.63, 3.8) is 0 Å². The van der Waals surface area contributed by atoms with Gasteiger partial charge in [-0.15, -0.1) is 0 Å². The lowest BCUT2D eigenvalue weighted by atomic mass is 10.3. The molecule has 0 aliphatic heterocycles. The number of H-pyrrole nitrogens is 1. The number of amides is 1. The van der Waals surface area contributed by atoms with Gasteiger partial charge in [0.15, 0.2) is 5.82 Å². The van der Waals surface area contributed by atoms with E-state index in [1.807, 2.05) is 0 Å². The van der Waals surface area contributed by atoms with Crippen LogP contribution in [0.4, 0.5) is 0 Å². The highest BCUT2D eigenvalue weighted by atomic mass is 16.5. The lowest BCUT2D eigenvalue weighted by Crippen LogP contribution is -2.25. The highest BCUT2D eigenvalue weighted by Crippen LogP contribution is 2.37. The third kappa shape index (κ3) is 2.67. The monoisotopic (exact) mass is 261 g/mol. The first-order valence-electron chi connectivity index (χ1n) is 5.88. The van der Waals surface area contributed by atoms with E-state index in [2.05, 4.69) is 29.9 Å². The summed E-state index contributed by atoms with van der Waals surface area (Å²) in [7, 11) is 0. The minimum absolute atomic E-state index is 0.0767. The number of hydrogen-bond acceptors (Lipinski definition) is 6. The SMILES string of the molecule is O=C(NCc1noc(=O)[nH]1)c1ccnc(C2CC2)n1. The van der Waals surface area contributed by atoms with Crippen molar-refractivity contribution in [2.45, 2.75) is 25.3 Å². The number of rotatable bonds is 4. The highest BCUT2D eigenvalue weighted by molar-refractivity contribution is 5.92. The Morgan fingerprint density at radius 3 is 3.05 bits per heavy atom. The van der Waals surface area contributed by atoms with Crippen LogP contribution in [0.2, 0.25) is 0 Å². The molecule has 0 atom stereocenters. The van der Waals surface area contributed by atoms with Crippen molar-refractivity contribution >= 4 is 5.91 Å². The number of aromatic amines is 1. The van der Waals surface area contributed by atoms with Crippen molar-refractivity contribution < 1.29 is 9.32 Å². The van der Waals surface area contributed by atoms with Gasteiger partial charge in [-0.25, -0.2) is 14.8 Å². The largest absolute Gasteiger partial charge is 0.438 e. The van der Waals surface area contributed by atoms with Crippen LogP contribution in [-0.2, 0) is 6.54 Å². The molecule has 8 heteroatoms. The normalized spacial score (nSPS) is 14.3.